The molecule has 34 heavy (non-hydrogen) atoms. The smallest absolute Gasteiger partial charge is 0.462 e. The minimum atomic E-state index is -3.99. The van der Waals surface area contributed by atoms with Crippen LogP contribution in [0, 0.1) is 5.92 Å². The number of aliphatic imine (C=N–C) groups is 1. The maximum Gasteiger partial charge on any atom is 0.475 e. The first-order valence-electron chi connectivity index (χ1n) is 11.4. The van der Waals surface area contributed by atoms with Gasteiger partial charge in [0.05, 0.1) is 19.1 Å². The van der Waals surface area contributed by atoms with Crippen LogP contribution >= 0.6 is 7.82 Å². The Balaban J connectivity index is 1.38. The second-order valence-electron chi connectivity index (χ2n) is 9.06. The number of nitrogens with zero attached hydrogens (tertiary/aromatic N) is 2. The number of phosphoric acid groups is 1. The molecule has 1 aliphatic carbocycles. The number of nitrogens with one attached hydrogen (secondary N) is 1. The van der Waals surface area contributed by atoms with E-state index >= 15 is 0 Å². The highest BCUT2D eigenvalue weighted by Crippen LogP contribution is 2.59. The number of aromatic amines is 1. The van der Waals surface area contributed by atoms with Crippen molar-refractivity contribution in [1.29, 1.82) is 0 Å². The van der Waals surface area contributed by atoms with Crippen LogP contribution < -0.4 is 11.2 Å². The molecule has 0 amide bonds. The highest BCUT2D eigenvalue weighted by atomic mass is 31.2. The second-order valence-corrected chi connectivity index (χ2v) is 10.7. The van der Waals surface area contributed by atoms with Gasteiger partial charge in [0, 0.05) is 12.3 Å². The van der Waals surface area contributed by atoms with Gasteiger partial charge >= 0.3 is 19.5 Å². The molecule has 3 heterocycles. The van der Waals surface area contributed by atoms with Crippen LogP contribution in [0.25, 0.3) is 0 Å². The molecule has 6 atom stereocenters. The molecule has 3 aliphatic rings. The number of fused-ring (bicyclic) bond motifs is 1. The van der Waals surface area contributed by atoms with Crippen molar-refractivity contribution in [2.45, 2.75) is 76.0 Å². The molecule has 2 aliphatic heterocycles. The highest BCUT2D eigenvalue weighted by molar-refractivity contribution is 7.48. The highest BCUT2D eigenvalue weighted by Gasteiger charge is 2.60. The van der Waals surface area contributed by atoms with Crippen LogP contribution in [0.3, 0.4) is 0 Å². The van der Waals surface area contributed by atoms with Gasteiger partial charge in [-0.25, -0.2) is 9.36 Å². The van der Waals surface area contributed by atoms with E-state index in [1.165, 1.54) is 16.8 Å². The first kappa shape index (κ1) is 25.0. The lowest BCUT2D eigenvalue weighted by molar-refractivity contribution is -0.153. The maximum absolute atomic E-state index is 13.1. The Labute approximate surface area is 196 Å². The van der Waals surface area contributed by atoms with Gasteiger partial charge in [0.1, 0.15) is 23.9 Å². The van der Waals surface area contributed by atoms with Gasteiger partial charge in [-0.05, 0) is 45.7 Å². The van der Waals surface area contributed by atoms with Crippen LogP contribution in [-0.4, -0.2) is 59.3 Å². The van der Waals surface area contributed by atoms with Crippen LogP contribution in [0.15, 0.2) is 26.8 Å². The number of carbonyl (C=O) groups is 1. The van der Waals surface area contributed by atoms with E-state index in [1.807, 2.05) is 0 Å². The summed E-state index contributed by atoms with van der Waals surface area (Å²) in [4.78, 5) is 42.3. The molecule has 0 bridgehead atoms. The van der Waals surface area contributed by atoms with E-state index < -0.39 is 49.0 Å². The van der Waals surface area contributed by atoms with Gasteiger partial charge in [-0.3, -0.25) is 37.7 Å². The summed E-state index contributed by atoms with van der Waals surface area (Å²) in [7, 11) is -3.99. The number of carbonyl (C=O) groups excluding carboxylic acids is 1. The topological polar surface area (TPSA) is 148 Å². The van der Waals surface area contributed by atoms with Crippen molar-refractivity contribution in [3.05, 3.63) is 33.1 Å². The Morgan fingerprint density at radius 2 is 2.15 bits per heavy atom. The fraction of sp³-hybridized carbons (Fsp3) is 0.714. The molecule has 0 aromatic carbocycles. The molecule has 2 saturated heterocycles. The number of ether oxygens (including phenoxy) is 2. The number of hydrogen-bond acceptors (Lipinski definition) is 10. The van der Waals surface area contributed by atoms with E-state index in [1.54, 1.807) is 13.8 Å². The first-order valence-corrected chi connectivity index (χ1v) is 12.8. The predicted octanol–water partition coefficient (Wildman–Crippen LogP) is 1.95. The molecule has 1 aromatic rings. The number of aromatic nitrogens is 2. The van der Waals surface area contributed by atoms with Gasteiger partial charge in [0.25, 0.3) is 5.56 Å². The van der Waals surface area contributed by atoms with Crippen molar-refractivity contribution in [2.75, 3.05) is 13.2 Å². The minimum absolute atomic E-state index is 0.0227. The first-order chi connectivity index (χ1) is 16.1. The van der Waals surface area contributed by atoms with E-state index in [9.17, 15) is 18.9 Å². The van der Waals surface area contributed by atoms with Crippen LogP contribution in [0.1, 0.15) is 52.2 Å². The molecule has 1 saturated carbocycles. The SMILES string of the molecule is C=N[C@]1(C)[C@@H]2OP(=O)(OCCC(C)C(=O)OC3CCCC3)OC[C@H]2O[C@H]1n1ccc(=O)[nH]c1=O. The summed E-state index contributed by atoms with van der Waals surface area (Å²) in [6.07, 6.45) is 2.87. The average Bonchev–Trinajstić information content (AvgIpc) is 3.40. The molecule has 0 spiro atoms. The molecule has 13 heteroatoms. The Bertz CT molecular complexity index is 1080. The third-order valence-corrected chi connectivity index (χ3v) is 8.04. The molecule has 12 nitrogen and oxygen atoms in total. The van der Waals surface area contributed by atoms with Gasteiger partial charge in [-0.2, -0.15) is 0 Å². The second kappa shape index (κ2) is 9.87. The van der Waals surface area contributed by atoms with E-state index in [4.69, 9.17) is 23.0 Å². The maximum atomic E-state index is 13.1. The zero-order chi connectivity index (χ0) is 24.5. The molecule has 188 valence electrons. The largest absolute Gasteiger partial charge is 0.475 e. The van der Waals surface area contributed by atoms with Gasteiger partial charge in [0.2, 0.25) is 0 Å². The van der Waals surface area contributed by atoms with Crippen molar-refractivity contribution in [1.82, 2.24) is 9.55 Å². The molecular weight excluding hydrogens is 469 g/mol. The van der Waals surface area contributed by atoms with E-state index in [2.05, 4.69) is 16.7 Å². The van der Waals surface area contributed by atoms with Crippen molar-refractivity contribution in [3.63, 3.8) is 0 Å². The molecule has 4 rings (SSSR count). The molecule has 3 fully saturated rings. The van der Waals surface area contributed by atoms with Crippen LogP contribution in [-0.2, 0) is 32.4 Å². The van der Waals surface area contributed by atoms with Crippen molar-refractivity contribution >= 4 is 20.5 Å². The zero-order valence-corrected chi connectivity index (χ0v) is 20.1. The average molecular weight is 499 g/mol. The van der Waals surface area contributed by atoms with Crippen molar-refractivity contribution in [2.24, 2.45) is 10.9 Å². The predicted molar refractivity (Wildman–Crippen MR) is 120 cm³/mol. The number of esters is 1. The molecule has 0 radical (unpaired) electrons. The molecular formula is C21H30N3O9P. The lowest BCUT2D eigenvalue weighted by atomic mass is 9.93. The van der Waals surface area contributed by atoms with E-state index in [0.29, 0.717) is 0 Å². The molecule has 2 unspecified atom stereocenters. The Hall–Kier alpha value is -2.11. The van der Waals surface area contributed by atoms with Crippen LogP contribution in [0.2, 0.25) is 0 Å². The lowest BCUT2D eigenvalue weighted by Gasteiger charge is -2.35. The summed E-state index contributed by atoms with van der Waals surface area (Å²) in [5.74, 6) is -0.739. The van der Waals surface area contributed by atoms with Gasteiger partial charge in [-0.1, -0.05) is 6.92 Å². The van der Waals surface area contributed by atoms with Crippen LogP contribution in [0.5, 0.6) is 0 Å². The summed E-state index contributed by atoms with van der Waals surface area (Å²) < 4.78 is 42.3. The fourth-order valence-electron chi connectivity index (χ4n) is 4.47. The number of hydrogen-bond donors (Lipinski definition) is 1. The van der Waals surface area contributed by atoms with Crippen molar-refractivity contribution in [3.8, 4) is 0 Å². The number of phosphoric ester groups is 1. The monoisotopic (exact) mass is 499 g/mol. The van der Waals surface area contributed by atoms with Gasteiger partial charge < -0.3 is 9.47 Å². The van der Waals surface area contributed by atoms with E-state index in [0.717, 1.165) is 25.7 Å². The third-order valence-electron chi connectivity index (χ3n) is 6.59. The van der Waals surface area contributed by atoms with Gasteiger partial charge in [-0.15, -0.1) is 0 Å². The quantitative estimate of drug-likeness (QED) is 0.322. The standard InChI is InChI=1S/C21H30N3O9P/c1-13(18(26)31-14-6-4-5-7-14)9-11-29-34(28)30-12-15-17(33-34)21(2,22-3)19(32-15)24-10-8-16(25)23-20(24)27/h8,10,13-15,17,19H,3-7,9,11-12H2,1-2H3,(H,23,25,27)/t13?,15-,17-,19-,21-,34?/m1/s1. The summed E-state index contributed by atoms with van der Waals surface area (Å²) in [6.45, 7) is 6.80. The summed E-state index contributed by atoms with van der Waals surface area (Å²) in [5.41, 5.74) is -2.47. The fourth-order valence-corrected chi connectivity index (χ4v) is 5.95. The Morgan fingerprint density at radius 1 is 1.41 bits per heavy atom. The Morgan fingerprint density at radius 3 is 2.82 bits per heavy atom. The summed E-state index contributed by atoms with van der Waals surface area (Å²) >= 11 is 0. The van der Waals surface area contributed by atoms with Crippen LogP contribution in [0.4, 0.5) is 0 Å². The van der Waals surface area contributed by atoms with Crippen molar-refractivity contribution < 1.29 is 32.4 Å². The normalized spacial score (nSPS) is 34.5. The molecule has 1 N–H and O–H groups in total. The zero-order valence-electron chi connectivity index (χ0n) is 19.2. The summed E-state index contributed by atoms with van der Waals surface area (Å²) in [6, 6.07) is 1.18. The third kappa shape index (κ3) is 4.96. The Kier molecular flexibility index (Phi) is 7.25. The van der Waals surface area contributed by atoms with E-state index in [-0.39, 0.29) is 31.7 Å². The molecule has 1 aromatic heterocycles. The lowest BCUT2D eigenvalue weighted by Crippen LogP contribution is -2.48. The number of H-pyrrole nitrogens is 1. The minimum Gasteiger partial charge on any atom is -0.462 e. The number of rotatable bonds is 8. The summed E-state index contributed by atoms with van der Waals surface area (Å²) in [5, 5.41) is 0. The van der Waals surface area contributed by atoms with Gasteiger partial charge in [0.15, 0.2) is 6.23 Å².